The Kier molecular flexibility index (Phi) is 3.75. The van der Waals surface area contributed by atoms with Crippen molar-refractivity contribution in [1.82, 2.24) is 30.8 Å². The third-order valence-electron chi connectivity index (χ3n) is 5.93. The van der Waals surface area contributed by atoms with Gasteiger partial charge in [0, 0.05) is 25.7 Å². The van der Waals surface area contributed by atoms with Crippen LogP contribution in [-0.2, 0) is 21.2 Å². The number of hydroxylamine groups is 2. The predicted octanol–water partition coefficient (Wildman–Crippen LogP) is -0.803. The van der Waals surface area contributed by atoms with Gasteiger partial charge in [0.25, 0.3) is 0 Å². The van der Waals surface area contributed by atoms with Gasteiger partial charge in [-0.1, -0.05) is 0 Å². The van der Waals surface area contributed by atoms with Gasteiger partial charge in [-0.25, -0.2) is 4.79 Å². The average Bonchev–Trinajstić information content (AvgIpc) is 3.06. The van der Waals surface area contributed by atoms with Crippen LogP contribution >= 0.6 is 0 Å². The minimum absolute atomic E-state index is 0.248. The number of nitrogens with one attached hydrogen (secondary N) is 2. The van der Waals surface area contributed by atoms with E-state index in [2.05, 4.69) is 25.1 Å². The first-order valence-corrected chi connectivity index (χ1v) is 10.2. The van der Waals surface area contributed by atoms with Gasteiger partial charge in [-0.2, -0.15) is 13.5 Å². The highest BCUT2D eigenvalue weighted by Gasteiger charge is 2.64. The molecule has 3 aliphatic heterocycles. The van der Waals surface area contributed by atoms with Gasteiger partial charge in [0.2, 0.25) is 11.8 Å². The van der Waals surface area contributed by atoms with E-state index in [4.69, 9.17) is 8.97 Å². The fourth-order valence-electron chi connectivity index (χ4n) is 4.17. The summed E-state index contributed by atoms with van der Waals surface area (Å²) in [5.41, 5.74) is -0.248. The largest absolute Gasteiger partial charge is 0.422 e. The summed E-state index contributed by atoms with van der Waals surface area (Å²) in [4.78, 5) is 14.1. The van der Waals surface area contributed by atoms with Gasteiger partial charge in [-0.15, -0.1) is 14.5 Å². The molecule has 2 atom stereocenters. The van der Waals surface area contributed by atoms with E-state index in [0.717, 1.165) is 31.0 Å². The lowest BCUT2D eigenvalue weighted by molar-refractivity contribution is -0.0530. The molecule has 12 nitrogen and oxygen atoms in total. The van der Waals surface area contributed by atoms with E-state index in [1.165, 1.54) is 4.90 Å². The van der Waals surface area contributed by atoms with Crippen molar-refractivity contribution in [3.8, 4) is 0 Å². The van der Waals surface area contributed by atoms with E-state index >= 15 is 0 Å². The molecule has 148 valence electrons. The Balaban J connectivity index is 1.35. The summed E-state index contributed by atoms with van der Waals surface area (Å²) in [5, 5.41) is 15.4. The second-order valence-corrected chi connectivity index (χ2v) is 8.64. The van der Waals surface area contributed by atoms with E-state index in [0.29, 0.717) is 37.3 Å². The zero-order valence-corrected chi connectivity index (χ0v) is 15.2. The van der Waals surface area contributed by atoms with Crippen molar-refractivity contribution in [2.45, 2.75) is 43.9 Å². The van der Waals surface area contributed by atoms with Crippen LogP contribution in [0.5, 0.6) is 0 Å². The first-order valence-electron chi connectivity index (χ1n) is 8.88. The van der Waals surface area contributed by atoms with Gasteiger partial charge in [-0.3, -0.25) is 4.55 Å². The summed E-state index contributed by atoms with van der Waals surface area (Å²) in [6, 6.07) is -1.09. The van der Waals surface area contributed by atoms with Crippen molar-refractivity contribution < 1.29 is 26.5 Å². The van der Waals surface area contributed by atoms with Crippen molar-refractivity contribution >= 4 is 16.4 Å². The van der Waals surface area contributed by atoms with Gasteiger partial charge in [-0.05, 0) is 24.7 Å². The molecule has 1 aromatic rings. The van der Waals surface area contributed by atoms with Crippen LogP contribution in [0.2, 0.25) is 0 Å². The minimum Gasteiger partial charge on any atom is -0.422 e. The van der Waals surface area contributed by atoms with Gasteiger partial charge < -0.3 is 20.0 Å². The number of hydrogen-bond acceptors (Lipinski definition) is 9. The number of fused-ring (bicyclic) bond motifs is 3. The summed E-state index contributed by atoms with van der Waals surface area (Å²) >= 11 is 0. The predicted molar refractivity (Wildman–Crippen MR) is 87.2 cm³/mol. The lowest BCUT2D eigenvalue weighted by Crippen LogP contribution is -2.55. The summed E-state index contributed by atoms with van der Waals surface area (Å²) in [6.07, 6.45) is 2.28. The van der Waals surface area contributed by atoms with Crippen molar-refractivity contribution in [1.29, 1.82) is 0 Å². The maximum Gasteiger partial charge on any atom is 0.418 e. The summed E-state index contributed by atoms with van der Waals surface area (Å²) in [7, 11) is -4.78. The second-order valence-electron chi connectivity index (χ2n) is 7.63. The van der Waals surface area contributed by atoms with Gasteiger partial charge >= 0.3 is 16.4 Å². The fourth-order valence-corrected chi connectivity index (χ4v) is 4.54. The zero-order chi connectivity index (χ0) is 18.8. The molecule has 3 saturated heterocycles. The Labute approximate surface area is 155 Å². The van der Waals surface area contributed by atoms with Crippen LogP contribution in [0.25, 0.3) is 0 Å². The molecule has 1 aromatic heterocycles. The first kappa shape index (κ1) is 17.3. The van der Waals surface area contributed by atoms with Crippen molar-refractivity contribution in [3.63, 3.8) is 0 Å². The number of hydrogen-bond donors (Lipinski definition) is 3. The Hall–Kier alpha value is -1.80. The molecule has 13 heteroatoms. The Morgan fingerprint density at radius 3 is 2.78 bits per heavy atom. The molecule has 0 radical (unpaired) electrons. The molecule has 1 spiro atoms. The Morgan fingerprint density at radius 1 is 1.37 bits per heavy atom. The number of amides is 2. The minimum atomic E-state index is -4.78. The zero-order valence-electron chi connectivity index (χ0n) is 14.4. The fraction of sp³-hybridized carbons (Fsp3) is 0.786. The van der Waals surface area contributed by atoms with E-state index < -0.39 is 28.5 Å². The third kappa shape index (κ3) is 2.99. The van der Waals surface area contributed by atoms with Gasteiger partial charge in [0.1, 0.15) is 6.04 Å². The third-order valence-corrected chi connectivity index (χ3v) is 6.28. The number of aromatic nitrogens is 2. The van der Waals surface area contributed by atoms with Crippen LogP contribution in [0, 0.1) is 5.41 Å². The first-order chi connectivity index (χ1) is 12.8. The van der Waals surface area contributed by atoms with Crippen LogP contribution in [0.3, 0.4) is 0 Å². The Morgan fingerprint density at radius 2 is 2.15 bits per heavy atom. The summed E-state index contributed by atoms with van der Waals surface area (Å²) < 4.78 is 41.6. The van der Waals surface area contributed by atoms with E-state index in [9.17, 15) is 13.2 Å². The maximum absolute atomic E-state index is 12.7. The Bertz CT molecular complexity index is 865. The van der Waals surface area contributed by atoms with Gasteiger partial charge in [0.15, 0.2) is 0 Å². The molecule has 1 saturated carbocycles. The van der Waals surface area contributed by atoms with E-state index in [-0.39, 0.29) is 5.41 Å². The molecule has 3 N–H and O–H groups in total. The number of urea groups is 1. The number of carbonyl (C=O) groups is 1. The summed E-state index contributed by atoms with van der Waals surface area (Å²) in [5.74, 6) is 0.784. The maximum atomic E-state index is 12.7. The molecule has 5 rings (SSSR count). The van der Waals surface area contributed by atoms with Crippen LogP contribution in [0.1, 0.15) is 37.1 Å². The number of piperidine rings is 1. The molecule has 0 aromatic carbocycles. The number of rotatable bonds is 6. The SMILES string of the molecule is O=C1N2C[C@H](N1OS(=O)(=O)O)C1(CC1)C[C@H]2c1nnc(CNC2CNC2)o1. The normalized spacial score (nSPS) is 29.4. The molecular weight excluding hydrogens is 380 g/mol. The topological polar surface area (TPSA) is 150 Å². The summed E-state index contributed by atoms with van der Waals surface area (Å²) in [6.45, 7) is 2.55. The molecule has 2 bridgehead atoms. The number of nitrogens with zero attached hydrogens (tertiary/aromatic N) is 4. The average molecular weight is 400 g/mol. The smallest absolute Gasteiger partial charge is 0.418 e. The highest BCUT2D eigenvalue weighted by atomic mass is 32.3. The molecule has 0 unspecified atom stereocenters. The van der Waals surface area contributed by atoms with Crippen LogP contribution in [-0.4, -0.2) is 70.9 Å². The lowest BCUT2D eigenvalue weighted by Gasteiger charge is -2.34. The monoisotopic (exact) mass is 400 g/mol. The lowest BCUT2D eigenvalue weighted by atomic mass is 9.85. The van der Waals surface area contributed by atoms with Crippen molar-refractivity contribution in [2.24, 2.45) is 5.41 Å². The molecule has 4 fully saturated rings. The van der Waals surface area contributed by atoms with E-state index in [1.807, 2.05) is 0 Å². The van der Waals surface area contributed by atoms with E-state index in [1.54, 1.807) is 0 Å². The second kappa shape index (κ2) is 5.85. The molecule has 4 aliphatic rings. The molecule has 2 amide bonds. The van der Waals surface area contributed by atoms with Crippen molar-refractivity contribution in [2.75, 3.05) is 19.6 Å². The van der Waals surface area contributed by atoms with Gasteiger partial charge in [0.05, 0.1) is 12.6 Å². The van der Waals surface area contributed by atoms with Crippen LogP contribution < -0.4 is 10.6 Å². The highest BCUT2D eigenvalue weighted by molar-refractivity contribution is 7.80. The van der Waals surface area contributed by atoms with Crippen molar-refractivity contribution in [3.05, 3.63) is 11.8 Å². The van der Waals surface area contributed by atoms with Crippen LogP contribution in [0.15, 0.2) is 4.42 Å². The molecule has 4 heterocycles. The quantitative estimate of drug-likeness (QED) is 0.518. The molecular formula is C14H20N6O6S. The number of carbonyl (C=O) groups excluding carboxylic acids is 1. The standard InChI is InChI=1S/C14H20N6O6S/c21-13-19-7-10(20(13)26-27(22,23)24)14(1-2-14)3-9(19)12-18-17-11(25-12)6-16-8-4-15-5-8/h8-10,15-16H,1-7H2,(H,22,23,24)/t9-,10-/m0/s1. The molecule has 27 heavy (non-hydrogen) atoms. The van der Waals surface area contributed by atoms with Crippen LogP contribution in [0.4, 0.5) is 4.79 Å². The highest BCUT2D eigenvalue weighted by Crippen LogP contribution is 2.61. The molecule has 1 aliphatic carbocycles.